The van der Waals surface area contributed by atoms with Gasteiger partial charge in [-0.05, 0) is 35.9 Å². The Balaban J connectivity index is 1.78. The number of para-hydroxylation sites is 1. The zero-order valence-corrected chi connectivity index (χ0v) is 15.3. The van der Waals surface area contributed by atoms with Crippen LogP contribution in [-0.2, 0) is 6.42 Å². The molecule has 0 spiro atoms. The number of benzene rings is 3. The largest absolute Gasteiger partial charge is 0.355 e. The van der Waals surface area contributed by atoms with Crippen molar-refractivity contribution in [2.75, 3.05) is 5.32 Å². The quantitative estimate of drug-likeness (QED) is 0.400. The van der Waals surface area contributed by atoms with Crippen molar-refractivity contribution < 1.29 is 0 Å². The number of fused-ring (bicyclic) bond motifs is 1. The predicted octanol–water partition coefficient (Wildman–Crippen LogP) is 7.49. The summed E-state index contributed by atoms with van der Waals surface area (Å²) in [6, 6.07) is 23.7. The Morgan fingerprint density at radius 3 is 2.24 bits per heavy atom. The zero-order valence-electron chi connectivity index (χ0n) is 15.3. The minimum Gasteiger partial charge on any atom is -0.355 e. The molecule has 0 aliphatic heterocycles. The first kappa shape index (κ1) is 17.5. The van der Waals surface area contributed by atoms with E-state index in [1.54, 1.807) is 0 Å². The Hall–Kier alpha value is -2.28. The number of aryl methyl sites for hydroxylation is 1. The van der Waals surface area contributed by atoms with Crippen molar-refractivity contribution in [3.63, 3.8) is 0 Å². The van der Waals surface area contributed by atoms with Gasteiger partial charge in [0, 0.05) is 16.8 Å². The molecule has 1 heteroatoms. The Morgan fingerprint density at radius 2 is 1.40 bits per heavy atom. The van der Waals surface area contributed by atoms with Crippen LogP contribution in [0.15, 0.2) is 66.7 Å². The van der Waals surface area contributed by atoms with Crippen molar-refractivity contribution in [2.45, 2.75) is 51.9 Å². The summed E-state index contributed by atoms with van der Waals surface area (Å²) in [7, 11) is 0. The maximum atomic E-state index is 3.68. The minimum atomic E-state index is 1.14. The average molecular weight is 332 g/mol. The summed E-state index contributed by atoms with van der Waals surface area (Å²) in [4.78, 5) is 0. The normalized spacial score (nSPS) is 10.9. The second-order valence-electron chi connectivity index (χ2n) is 6.83. The molecule has 0 saturated heterocycles. The lowest BCUT2D eigenvalue weighted by Crippen LogP contribution is -1.98. The first-order valence-corrected chi connectivity index (χ1v) is 9.71. The fourth-order valence-corrected chi connectivity index (χ4v) is 3.43. The van der Waals surface area contributed by atoms with Gasteiger partial charge in [-0.2, -0.15) is 0 Å². The van der Waals surface area contributed by atoms with Crippen molar-refractivity contribution >= 4 is 22.1 Å². The molecule has 1 nitrogen and oxygen atoms in total. The van der Waals surface area contributed by atoms with Crippen molar-refractivity contribution in [1.82, 2.24) is 0 Å². The molecule has 0 aromatic heterocycles. The molecule has 1 N–H and O–H groups in total. The molecule has 0 radical (unpaired) electrons. The van der Waals surface area contributed by atoms with Crippen LogP contribution in [0.2, 0.25) is 0 Å². The standard InChI is InChI=1S/C24H29N/c1-2-3-4-5-6-8-14-21-19-18-20-13-11-12-17-23(20)24(21)25-22-15-9-7-10-16-22/h7,9-13,15-19,25H,2-6,8,14H2,1H3. The van der Waals surface area contributed by atoms with E-state index in [0.717, 1.165) is 12.1 Å². The van der Waals surface area contributed by atoms with Crippen molar-refractivity contribution in [1.29, 1.82) is 0 Å². The highest BCUT2D eigenvalue weighted by molar-refractivity contribution is 5.97. The Kier molecular flexibility index (Phi) is 6.50. The molecule has 0 heterocycles. The molecule has 0 fully saturated rings. The van der Waals surface area contributed by atoms with Crippen LogP contribution >= 0.6 is 0 Å². The second kappa shape index (κ2) is 9.27. The van der Waals surface area contributed by atoms with E-state index in [9.17, 15) is 0 Å². The molecule has 25 heavy (non-hydrogen) atoms. The number of rotatable bonds is 9. The molecule has 0 aliphatic rings. The van der Waals surface area contributed by atoms with Gasteiger partial charge < -0.3 is 5.32 Å². The molecule has 3 rings (SSSR count). The summed E-state index contributed by atoms with van der Waals surface area (Å²) < 4.78 is 0. The first-order valence-electron chi connectivity index (χ1n) is 9.71. The van der Waals surface area contributed by atoms with Crippen LogP contribution in [-0.4, -0.2) is 0 Å². The minimum absolute atomic E-state index is 1.14. The zero-order chi connectivity index (χ0) is 17.3. The van der Waals surface area contributed by atoms with Crippen molar-refractivity contribution in [3.05, 3.63) is 72.3 Å². The van der Waals surface area contributed by atoms with Gasteiger partial charge in [-0.15, -0.1) is 0 Å². The maximum Gasteiger partial charge on any atom is 0.0496 e. The van der Waals surface area contributed by atoms with E-state index in [1.807, 2.05) is 0 Å². The molecule has 3 aromatic rings. The number of anilines is 2. The van der Waals surface area contributed by atoms with E-state index in [4.69, 9.17) is 0 Å². The third kappa shape index (κ3) is 4.85. The molecule has 0 unspecified atom stereocenters. The van der Waals surface area contributed by atoms with Crippen LogP contribution in [0.25, 0.3) is 10.8 Å². The molecule has 130 valence electrons. The van der Waals surface area contributed by atoms with Gasteiger partial charge in [0.15, 0.2) is 0 Å². The summed E-state index contributed by atoms with van der Waals surface area (Å²) in [6.45, 7) is 2.27. The fraction of sp³-hybridized carbons (Fsp3) is 0.333. The summed E-state index contributed by atoms with van der Waals surface area (Å²) >= 11 is 0. The van der Waals surface area contributed by atoms with E-state index in [2.05, 4.69) is 79.0 Å². The van der Waals surface area contributed by atoms with Crippen LogP contribution < -0.4 is 5.32 Å². The SMILES string of the molecule is CCCCCCCCc1ccc2ccccc2c1Nc1ccccc1. The number of hydrogen-bond donors (Lipinski definition) is 1. The highest BCUT2D eigenvalue weighted by atomic mass is 14.9. The smallest absolute Gasteiger partial charge is 0.0496 e. The Bertz CT molecular complexity index is 776. The fourth-order valence-electron chi connectivity index (χ4n) is 3.43. The maximum absolute atomic E-state index is 3.68. The van der Waals surface area contributed by atoms with Crippen LogP contribution in [0.4, 0.5) is 11.4 Å². The van der Waals surface area contributed by atoms with Gasteiger partial charge in [-0.1, -0.05) is 93.6 Å². The molecule has 0 amide bonds. The van der Waals surface area contributed by atoms with Gasteiger partial charge in [-0.3, -0.25) is 0 Å². The van der Waals surface area contributed by atoms with Gasteiger partial charge in [-0.25, -0.2) is 0 Å². The Labute approximate surface area is 152 Å². The monoisotopic (exact) mass is 331 g/mol. The molecular formula is C24H29N. The van der Waals surface area contributed by atoms with Gasteiger partial charge >= 0.3 is 0 Å². The van der Waals surface area contributed by atoms with Gasteiger partial charge in [0.05, 0.1) is 0 Å². The first-order chi connectivity index (χ1) is 12.4. The van der Waals surface area contributed by atoms with Crippen LogP contribution in [0.3, 0.4) is 0 Å². The van der Waals surface area contributed by atoms with Crippen molar-refractivity contribution in [3.8, 4) is 0 Å². The second-order valence-corrected chi connectivity index (χ2v) is 6.83. The molecule has 0 bridgehead atoms. The lowest BCUT2D eigenvalue weighted by molar-refractivity contribution is 0.608. The summed E-state index contributed by atoms with van der Waals surface area (Å²) in [5.41, 5.74) is 3.86. The predicted molar refractivity (Wildman–Crippen MR) is 111 cm³/mol. The van der Waals surface area contributed by atoms with Crippen LogP contribution in [0.5, 0.6) is 0 Å². The molecule has 3 aromatic carbocycles. The highest BCUT2D eigenvalue weighted by Crippen LogP contribution is 2.31. The lowest BCUT2D eigenvalue weighted by atomic mass is 9.98. The molecule has 0 aliphatic carbocycles. The van der Waals surface area contributed by atoms with E-state index >= 15 is 0 Å². The van der Waals surface area contributed by atoms with Crippen LogP contribution in [0, 0.1) is 0 Å². The average Bonchev–Trinajstić information content (AvgIpc) is 2.67. The molecule has 0 saturated carbocycles. The number of hydrogen-bond acceptors (Lipinski definition) is 1. The van der Waals surface area contributed by atoms with Gasteiger partial charge in [0.2, 0.25) is 0 Å². The lowest BCUT2D eigenvalue weighted by Gasteiger charge is -2.15. The molecular weight excluding hydrogens is 302 g/mol. The topological polar surface area (TPSA) is 12.0 Å². The van der Waals surface area contributed by atoms with E-state index in [-0.39, 0.29) is 0 Å². The summed E-state index contributed by atoms with van der Waals surface area (Å²) in [6.07, 6.45) is 9.17. The van der Waals surface area contributed by atoms with Gasteiger partial charge in [0.25, 0.3) is 0 Å². The van der Waals surface area contributed by atoms with E-state index in [0.29, 0.717) is 0 Å². The number of nitrogens with one attached hydrogen (secondary N) is 1. The third-order valence-corrected chi connectivity index (χ3v) is 4.86. The summed E-state index contributed by atoms with van der Waals surface area (Å²) in [5, 5.41) is 6.29. The Morgan fingerprint density at radius 1 is 0.680 bits per heavy atom. The highest BCUT2D eigenvalue weighted by Gasteiger charge is 2.08. The van der Waals surface area contributed by atoms with E-state index < -0.39 is 0 Å². The van der Waals surface area contributed by atoms with Gasteiger partial charge in [0.1, 0.15) is 0 Å². The van der Waals surface area contributed by atoms with Crippen LogP contribution in [0.1, 0.15) is 51.0 Å². The van der Waals surface area contributed by atoms with E-state index in [1.165, 1.54) is 60.5 Å². The number of unbranched alkanes of at least 4 members (excludes halogenated alkanes) is 5. The third-order valence-electron chi connectivity index (χ3n) is 4.86. The van der Waals surface area contributed by atoms with Crippen molar-refractivity contribution in [2.24, 2.45) is 0 Å². The molecule has 0 atom stereocenters. The summed E-state index contributed by atoms with van der Waals surface area (Å²) in [5.74, 6) is 0.